The molecule has 144 valence electrons. The molecule has 0 radical (unpaired) electrons. The van der Waals surface area contributed by atoms with Crippen LogP contribution in [-0.4, -0.2) is 39.0 Å². The van der Waals surface area contributed by atoms with Gasteiger partial charge in [0.25, 0.3) is 0 Å². The van der Waals surface area contributed by atoms with Gasteiger partial charge >= 0.3 is 0 Å². The van der Waals surface area contributed by atoms with E-state index in [1.165, 1.54) is 19.1 Å². The van der Waals surface area contributed by atoms with E-state index in [9.17, 15) is 8.78 Å². The molecule has 3 N–H and O–H groups in total. The summed E-state index contributed by atoms with van der Waals surface area (Å²) in [4.78, 5) is 8.87. The molecule has 1 unspecified atom stereocenters. The van der Waals surface area contributed by atoms with Crippen molar-refractivity contribution >= 4 is 11.7 Å². The molecule has 0 aliphatic carbocycles. The molecule has 1 aromatic carbocycles. The first-order valence-electron chi connectivity index (χ1n) is 8.80. The number of nitrogens with one attached hydrogen (secondary N) is 1. The summed E-state index contributed by atoms with van der Waals surface area (Å²) in [5.41, 5.74) is 9.60. The number of halogens is 2. The highest BCUT2D eigenvalue weighted by atomic mass is 19.1. The molecule has 2 aromatic rings. The number of nitrogens with two attached hydrogens (primary N) is 1. The van der Waals surface area contributed by atoms with Gasteiger partial charge in [0.15, 0.2) is 0 Å². The van der Waals surface area contributed by atoms with Crippen molar-refractivity contribution in [3.8, 4) is 0 Å². The first-order chi connectivity index (χ1) is 12.8. The second-order valence-electron chi connectivity index (χ2n) is 6.70. The number of amidine groups is 1. The SMILES string of the molecule is C/C1=N\NC(CC(N)Cc2cc(F)c(C)cc2F)=NCCc2nc(C)nn21. The lowest BCUT2D eigenvalue weighted by molar-refractivity contribution is 0.564. The summed E-state index contributed by atoms with van der Waals surface area (Å²) >= 11 is 0. The summed E-state index contributed by atoms with van der Waals surface area (Å²) in [5.74, 6) is 1.82. The van der Waals surface area contributed by atoms with Crippen molar-refractivity contribution in [1.29, 1.82) is 0 Å². The van der Waals surface area contributed by atoms with E-state index in [0.29, 0.717) is 36.9 Å². The molecule has 3 rings (SSSR count). The van der Waals surface area contributed by atoms with Gasteiger partial charge in [-0.15, -0.1) is 0 Å². The van der Waals surface area contributed by atoms with Crippen LogP contribution in [0.5, 0.6) is 0 Å². The van der Waals surface area contributed by atoms with Gasteiger partial charge in [-0.2, -0.15) is 10.2 Å². The van der Waals surface area contributed by atoms with Crippen molar-refractivity contribution in [2.75, 3.05) is 6.54 Å². The third-order valence-electron chi connectivity index (χ3n) is 4.34. The van der Waals surface area contributed by atoms with E-state index >= 15 is 0 Å². The Morgan fingerprint density at radius 1 is 1.19 bits per heavy atom. The number of aryl methyl sites for hydroxylation is 2. The highest BCUT2D eigenvalue weighted by Gasteiger charge is 2.16. The van der Waals surface area contributed by atoms with Crippen LogP contribution >= 0.6 is 0 Å². The van der Waals surface area contributed by atoms with E-state index in [-0.39, 0.29) is 17.5 Å². The van der Waals surface area contributed by atoms with Crippen LogP contribution in [-0.2, 0) is 12.8 Å². The number of nitrogens with zero attached hydrogens (tertiary/aromatic N) is 5. The Morgan fingerprint density at radius 3 is 2.74 bits per heavy atom. The van der Waals surface area contributed by atoms with Crippen molar-refractivity contribution in [2.24, 2.45) is 15.8 Å². The summed E-state index contributed by atoms with van der Waals surface area (Å²) in [5, 5.41) is 8.61. The van der Waals surface area contributed by atoms with E-state index < -0.39 is 17.7 Å². The van der Waals surface area contributed by atoms with Crippen LogP contribution in [0.1, 0.15) is 36.1 Å². The summed E-state index contributed by atoms with van der Waals surface area (Å²) in [6, 6.07) is 1.97. The van der Waals surface area contributed by atoms with Crippen LogP contribution in [0.4, 0.5) is 8.78 Å². The number of hydrogen-bond donors (Lipinski definition) is 2. The van der Waals surface area contributed by atoms with Crippen molar-refractivity contribution < 1.29 is 8.78 Å². The highest BCUT2D eigenvalue weighted by molar-refractivity contribution is 5.87. The summed E-state index contributed by atoms with van der Waals surface area (Å²) in [6.07, 6.45) is 1.18. The summed E-state index contributed by atoms with van der Waals surface area (Å²) < 4.78 is 29.4. The van der Waals surface area contributed by atoms with E-state index in [2.05, 4.69) is 25.6 Å². The predicted molar refractivity (Wildman–Crippen MR) is 99.8 cm³/mol. The molecule has 9 heteroatoms. The van der Waals surface area contributed by atoms with Gasteiger partial charge in [0, 0.05) is 25.4 Å². The van der Waals surface area contributed by atoms with Crippen LogP contribution in [0.3, 0.4) is 0 Å². The Morgan fingerprint density at radius 2 is 1.96 bits per heavy atom. The largest absolute Gasteiger partial charge is 0.327 e. The van der Waals surface area contributed by atoms with Crippen LogP contribution in [0.15, 0.2) is 22.2 Å². The average Bonchev–Trinajstić information content (AvgIpc) is 2.99. The van der Waals surface area contributed by atoms with Crippen LogP contribution in [0, 0.1) is 25.5 Å². The molecule has 0 spiro atoms. The van der Waals surface area contributed by atoms with Crippen molar-refractivity contribution in [3.05, 3.63) is 46.5 Å². The van der Waals surface area contributed by atoms with Gasteiger partial charge in [-0.1, -0.05) is 0 Å². The molecule has 0 fully saturated rings. The first-order valence-corrected chi connectivity index (χ1v) is 8.80. The van der Waals surface area contributed by atoms with Gasteiger partial charge in [-0.3, -0.25) is 10.4 Å². The summed E-state index contributed by atoms with van der Waals surface area (Å²) in [6.45, 7) is 5.68. The van der Waals surface area contributed by atoms with Gasteiger partial charge in [0.05, 0.1) is 0 Å². The topological polar surface area (TPSA) is 93.5 Å². The molecule has 1 aliphatic rings. The third kappa shape index (κ3) is 4.54. The molecule has 27 heavy (non-hydrogen) atoms. The van der Waals surface area contributed by atoms with E-state index in [1.54, 1.807) is 4.68 Å². The van der Waals surface area contributed by atoms with Crippen LogP contribution in [0.25, 0.3) is 0 Å². The van der Waals surface area contributed by atoms with Gasteiger partial charge < -0.3 is 5.73 Å². The lowest BCUT2D eigenvalue weighted by Crippen LogP contribution is -2.32. The number of hydrogen-bond acceptors (Lipinski definition) is 6. The van der Waals surface area contributed by atoms with Gasteiger partial charge in [-0.25, -0.2) is 18.4 Å². The lowest BCUT2D eigenvalue weighted by atomic mass is 10.0. The third-order valence-corrected chi connectivity index (χ3v) is 4.34. The minimum atomic E-state index is -0.450. The van der Waals surface area contributed by atoms with Gasteiger partial charge in [-0.05, 0) is 50.5 Å². The molecular formula is C18H23F2N7. The maximum absolute atomic E-state index is 14.0. The average molecular weight is 375 g/mol. The Kier molecular flexibility index (Phi) is 5.59. The first kappa shape index (κ1) is 19.1. The molecule has 1 aliphatic heterocycles. The maximum atomic E-state index is 14.0. The second-order valence-corrected chi connectivity index (χ2v) is 6.70. The quantitative estimate of drug-likeness (QED) is 0.853. The number of hydrazone groups is 1. The standard InChI is InChI=1S/C18H23F2N7/c1-10-6-16(20)13(8-15(10)19)7-14(21)9-17-22-5-4-18-23-11(2)26-27(18)12(3)24-25-17/h6,8,14H,4-5,7,9,21H2,1-3H3,(H,22,25)/b24-12+. The fraction of sp³-hybridized carbons (Fsp3) is 0.444. The van der Waals surface area contributed by atoms with Crippen molar-refractivity contribution in [1.82, 2.24) is 20.2 Å². The zero-order valence-corrected chi connectivity index (χ0v) is 15.6. The molecule has 1 atom stereocenters. The zero-order chi connectivity index (χ0) is 19.6. The van der Waals surface area contributed by atoms with E-state index in [0.717, 1.165) is 5.82 Å². The minimum absolute atomic E-state index is 0.203. The molecule has 0 saturated heterocycles. The molecule has 0 bridgehead atoms. The Balaban J connectivity index is 1.69. The number of benzene rings is 1. The fourth-order valence-corrected chi connectivity index (χ4v) is 2.96. The number of aromatic nitrogens is 3. The molecule has 0 saturated carbocycles. The fourth-order valence-electron chi connectivity index (χ4n) is 2.96. The Hall–Kier alpha value is -2.68. The van der Waals surface area contributed by atoms with Gasteiger partial charge in [0.2, 0.25) is 0 Å². The monoisotopic (exact) mass is 375 g/mol. The zero-order valence-electron chi connectivity index (χ0n) is 15.6. The molecule has 1 aromatic heterocycles. The predicted octanol–water partition coefficient (Wildman–Crippen LogP) is 1.86. The van der Waals surface area contributed by atoms with Crippen LogP contribution < -0.4 is 11.2 Å². The summed E-state index contributed by atoms with van der Waals surface area (Å²) in [7, 11) is 0. The molecular weight excluding hydrogens is 352 g/mol. The molecule has 0 amide bonds. The highest BCUT2D eigenvalue weighted by Crippen LogP contribution is 2.16. The Bertz CT molecular complexity index is 901. The maximum Gasteiger partial charge on any atom is 0.149 e. The smallest absolute Gasteiger partial charge is 0.149 e. The van der Waals surface area contributed by atoms with E-state index in [1.807, 2.05) is 13.8 Å². The van der Waals surface area contributed by atoms with Crippen molar-refractivity contribution in [2.45, 2.75) is 46.1 Å². The lowest BCUT2D eigenvalue weighted by Gasteiger charge is -2.14. The Labute approximate surface area is 156 Å². The van der Waals surface area contributed by atoms with Crippen LogP contribution in [0.2, 0.25) is 0 Å². The number of fused-ring (bicyclic) bond motifs is 1. The second kappa shape index (κ2) is 7.91. The van der Waals surface area contributed by atoms with Gasteiger partial charge in [0.1, 0.15) is 35.0 Å². The minimum Gasteiger partial charge on any atom is -0.327 e. The van der Waals surface area contributed by atoms with Crippen molar-refractivity contribution in [3.63, 3.8) is 0 Å². The molecule has 7 nitrogen and oxygen atoms in total. The number of rotatable bonds is 4. The normalized spacial score (nSPS) is 17.6. The number of aliphatic imine (C=N–C) groups is 1. The van der Waals surface area contributed by atoms with E-state index in [4.69, 9.17) is 5.73 Å². The molecule has 2 heterocycles.